The summed E-state index contributed by atoms with van der Waals surface area (Å²) in [6, 6.07) is 9.73. The highest BCUT2D eigenvalue weighted by atomic mass is 16.5. The molecule has 3 aromatic rings. The number of carbonyl (C=O) groups excluding carboxylic acids is 1. The third-order valence-corrected chi connectivity index (χ3v) is 5.54. The van der Waals surface area contributed by atoms with Gasteiger partial charge in [-0.1, -0.05) is 19.1 Å². The topological polar surface area (TPSA) is 69.4 Å². The minimum Gasteiger partial charge on any atom is -0.378 e. The van der Waals surface area contributed by atoms with Gasteiger partial charge in [-0.05, 0) is 43.5 Å². The second kappa shape index (κ2) is 7.83. The third-order valence-electron chi connectivity index (χ3n) is 5.54. The van der Waals surface area contributed by atoms with Crippen LogP contribution in [0, 0.1) is 13.8 Å². The van der Waals surface area contributed by atoms with E-state index in [9.17, 15) is 9.59 Å². The smallest absolute Gasteiger partial charge is 0.252 e. The fourth-order valence-corrected chi connectivity index (χ4v) is 3.92. The highest BCUT2D eigenvalue weighted by Gasteiger charge is 2.22. The van der Waals surface area contributed by atoms with Crippen LogP contribution >= 0.6 is 0 Å². The molecule has 0 saturated carbocycles. The van der Waals surface area contributed by atoms with Gasteiger partial charge in [0.25, 0.3) is 5.56 Å². The van der Waals surface area contributed by atoms with Crippen LogP contribution in [0.5, 0.6) is 0 Å². The lowest BCUT2D eigenvalue weighted by molar-refractivity contribution is -0.135. The molecule has 0 unspecified atom stereocenters. The van der Waals surface area contributed by atoms with E-state index in [1.54, 1.807) is 20.2 Å². The van der Waals surface area contributed by atoms with E-state index in [2.05, 4.69) is 19.1 Å². The Hall–Kier alpha value is -2.93. The van der Waals surface area contributed by atoms with Gasteiger partial charge in [0.2, 0.25) is 5.91 Å². The number of benzene rings is 1. The molecular formula is C22H26N4O3. The van der Waals surface area contributed by atoms with E-state index in [0.29, 0.717) is 32.0 Å². The normalized spacial score (nSPS) is 14.5. The zero-order valence-electron chi connectivity index (χ0n) is 17.1. The lowest BCUT2D eigenvalue weighted by atomic mass is 10.1. The summed E-state index contributed by atoms with van der Waals surface area (Å²) < 4.78 is 8.66. The van der Waals surface area contributed by atoms with E-state index in [1.807, 2.05) is 26.0 Å². The van der Waals surface area contributed by atoms with Gasteiger partial charge in [0, 0.05) is 24.5 Å². The Morgan fingerprint density at radius 2 is 1.83 bits per heavy atom. The Morgan fingerprint density at radius 3 is 2.48 bits per heavy atom. The predicted molar refractivity (Wildman–Crippen MR) is 112 cm³/mol. The van der Waals surface area contributed by atoms with Crippen LogP contribution in [0.4, 0.5) is 0 Å². The lowest BCUT2D eigenvalue weighted by Crippen LogP contribution is -2.43. The van der Waals surface area contributed by atoms with Crippen molar-refractivity contribution in [1.29, 1.82) is 0 Å². The molecule has 1 fully saturated rings. The Kier molecular flexibility index (Phi) is 5.24. The van der Waals surface area contributed by atoms with Gasteiger partial charge in [0.05, 0.1) is 24.6 Å². The van der Waals surface area contributed by atoms with Gasteiger partial charge in [0.1, 0.15) is 12.2 Å². The van der Waals surface area contributed by atoms with Crippen molar-refractivity contribution in [1.82, 2.24) is 19.2 Å². The fraction of sp³-hybridized carbons (Fsp3) is 0.409. The molecule has 4 rings (SSSR count). The summed E-state index contributed by atoms with van der Waals surface area (Å²) >= 11 is 0. The second-order valence-corrected chi connectivity index (χ2v) is 7.46. The number of pyridine rings is 1. The first-order valence-corrected chi connectivity index (χ1v) is 10.0. The van der Waals surface area contributed by atoms with Gasteiger partial charge in [-0.15, -0.1) is 0 Å². The summed E-state index contributed by atoms with van der Waals surface area (Å²) in [5.74, 6) is -0.0766. The molecule has 1 saturated heterocycles. The zero-order chi connectivity index (χ0) is 20.5. The summed E-state index contributed by atoms with van der Waals surface area (Å²) in [7, 11) is 0. The van der Waals surface area contributed by atoms with Gasteiger partial charge < -0.3 is 9.64 Å². The van der Waals surface area contributed by atoms with Crippen LogP contribution in [-0.4, -0.2) is 51.5 Å². The molecule has 7 nitrogen and oxygen atoms in total. The lowest BCUT2D eigenvalue weighted by Gasteiger charge is -2.27. The van der Waals surface area contributed by atoms with Crippen molar-refractivity contribution in [3.05, 3.63) is 57.5 Å². The molecule has 2 aromatic heterocycles. The quantitative estimate of drug-likeness (QED) is 0.680. The summed E-state index contributed by atoms with van der Waals surface area (Å²) in [4.78, 5) is 27.5. The Labute approximate surface area is 169 Å². The Morgan fingerprint density at radius 1 is 1.14 bits per heavy atom. The van der Waals surface area contributed by atoms with Crippen LogP contribution in [0.2, 0.25) is 0 Å². The van der Waals surface area contributed by atoms with Crippen molar-refractivity contribution in [2.24, 2.45) is 0 Å². The van der Waals surface area contributed by atoms with E-state index in [4.69, 9.17) is 9.84 Å². The molecule has 0 N–H and O–H groups in total. The van der Waals surface area contributed by atoms with E-state index >= 15 is 0 Å². The van der Waals surface area contributed by atoms with Gasteiger partial charge in [-0.3, -0.25) is 14.2 Å². The molecular weight excluding hydrogens is 368 g/mol. The van der Waals surface area contributed by atoms with Gasteiger partial charge in [-0.2, -0.15) is 5.10 Å². The SMILES string of the molecule is CCc1ccc(-n2nc(C)c3c(C)cc(=O)n(CC(=O)N4CCOCC4)c32)cc1. The molecule has 1 aliphatic heterocycles. The maximum Gasteiger partial charge on any atom is 0.252 e. The highest BCUT2D eigenvalue weighted by molar-refractivity contribution is 5.85. The number of fused-ring (bicyclic) bond motifs is 1. The first kappa shape index (κ1) is 19.4. The van der Waals surface area contributed by atoms with Crippen molar-refractivity contribution >= 4 is 16.9 Å². The number of morpholine rings is 1. The number of amides is 1. The number of aryl methyl sites for hydroxylation is 3. The van der Waals surface area contributed by atoms with E-state index in [-0.39, 0.29) is 18.0 Å². The van der Waals surface area contributed by atoms with E-state index < -0.39 is 0 Å². The van der Waals surface area contributed by atoms with Gasteiger partial charge in [0.15, 0.2) is 0 Å². The summed E-state index contributed by atoms with van der Waals surface area (Å²) in [5.41, 5.74) is 4.29. The number of hydrogen-bond acceptors (Lipinski definition) is 4. The molecule has 3 heterocycles. The Bertz CT molecular complexity index is 1110. The number of rotatable bonds is 4. The number of nitrogens with zero attached hydrogens (tertiary/aromatic N) is 4. The van der Waals surface area contributed by atoms with Crippen molar-refractivity contribution in [3.8, 4) is 5.69 Å². The second-order valence-electron chi connectivity index (χ2n) is 7.46. The maximum absolute atomic E-state index is 12.9. The first-order chi connectivity index (χ1) is 14.0. The Balaban J connectivity index is 1.84. The molecule has 0 atom stereocenters. The van der Waals surface area contributed by atoms with Crippen LogP contribution in [0.15, 0.2) is 35.1 Å². The fourth-order valence-electron chi connectivity index (χ4n) is 3.92. The molecule has 0 spiro atoms. The third kappa shape index (κ3) is 3.58. The van der Waals surface area contributed by atoms with Crippen LogP contribution in [0.3, 0.4) is 0 Å². The molecule has 0 radical (unpaired) electrons. The first-order valence-electron chi connectivity index (χ1n) is 10.0. The molecule has 0 bridgehead atoms. The van der Waals surface area contributed by atoms with Crippen molar-refractivity contribution in [2.45, 2.75) is 33.7 Å². The maximum atomic E-state index is 12.9. The number of carbonyl (C=O) groups is 1. The standard InChI is InChI=1S/C22H26N4O3/c1-4-17-5-7-18(8-6-17)26-22-21(16(3)23-26)15(2)13-19(27)25(22)14-20(28)24-9-11-29-12-10-24/h5-8,13H,4,9-12,14H2,1-3H3. The minimum atomic E-state index is -0.192. The molecule has 7 heteroatoms. The van der Waals surface area contributed by atoms with E-state index in [1.165, 1.54) is 5.56 Å². The van der Waals surface area contributed by atoms with Crippen LogP contribution in [-0.2, 0) is 22.5 Å². The molecule has 1 aromatic carbocycles. The number of hydrogen-bond donors (Lipinski definition) is 0. The zero-order valence-corrected chi connectivity index (χ0v) is 17.1. The molecule has 0 aliphatic carbocycles. The molecule has 29 heavy (non-hydrogen) atoms. The minimum absolute atomic E-state index is 0.00616. The molecule has 1 amide bonds. The average molecular weight is 394 g/mol. The molecule has 1 aliphatic rings. The van der Waals surface area contributed by atoms with Crippen molar-refractivity contribution < 1.29 is 9.53 Å². The van der Waals surface area contributed by atoms with Crippen LogP contribution in [0.1, 0.15) is 23.7 Å². The summed E-state index contributed by atoms with van der Waals surface area (Å²) in [5, 5.41) is 5.63. The van der Waals surface area contributed by atoms with Gasteiger partial charge in [-0.25, -0.2) is 4.68 Å². The highest BCUT2D eigenvalue weighted by Crippen LogP contribution is 2.24. The summed E-state index contributed by atoms with van der Waals surface area (Å²) in [6.07, 6.45) is 0.955. The molecule has 152 valence electrons. The van der Waals surface area contributed by atoms with Gasteiger partial charge >= 0.3 is 0 Å². The average Bonchev–Trinajstić information content (AvgIpc) is 3.09. The summed E-state index contributed by atoms with van der Waals surface area (Å²) in [6.45, 7) is 8.13. The van der Waals surface area contributed by atoms with E-state index in [0.717, 1.165) is 28.8 Å². The van der Waals surface area contributed by atoms with Crippen molar-refractivity contribution in [3.63, 3.8) is 0 Å². The van der Waals surface area contributed by atoms with Crippen LogP contribution in [0.25, 0.3) is 16.7 Å². The largest absolute Gasteiger partial charge is 0.378 e. The number of ether oxygens (including phenoxy) is 1. The predicted octanol–water partition coefficient (Wildman–Crippen LogP) is 2.23. The monoisotopic (exact) mass is 394 g/mol. The number of aromatic nitrogens is 3. The van der Waals surface area contributed by atoms with Crippen molar-refractivity contribution in [2.75, 3.05) is 26.3 Å². The van der Waals surface area contributed by atoms with Crippen LogP contribution < -0.4 is 5.56 Å².